The second-order valence-electron chi connectivity index (χ2n) is 5.29. The van der Waals surface area contributed by atoms with Crippen molar-refractivity contribution >= 4 is 0 Å². The van der Waals surface area contributed by atoms with Crippen molar-refractivity contribution in [1.82, 2.24) is 30.1 Å². The maximum absolute atomic E-state index is 4.54. The summed E-state index contributed by atoms with van der Waals surface area (Å²) in [6.07, 6.45) is 3.17. The lowest BCUT2D eigenvalue weighted by atomic mass is 10.2. The van der Waals surface area contributed by atoms with E-state index in [0.29, 0.717) is 12.6 Å². The SMILES string of the molecule is Cc1nn(Cc2cn(C3CCNC3)nn2)c(C)c1C. The summed E-state index contributed by atoms with van der Waals surface area (Å²) in [6.45, 7) is 8.99. The molecule has 1 saturated heterocycles. The molecule has 1 fully saturated rings. The topological polar surface area (TPSA) is 60.6 Å². The van der Waals surface area contributed by atoms with Crippen LogP contribution in [0.2, 0.25) is 0 Å². The maximum atomic E-state index is 4.54. The van der Waals surface area contributed by atoms with E-state index in [1.165, 1.54) is 11.3 Å². The lowest BCUT2D eigenvalue weighted by molar-refractivity contribution is 0.476. The fourth-order valence-electron chi connectivity index (χ4n) is 2.52. The lowest BCUT2D eigenvalue weighted by Gasteiger charge is -2.06. The third kappa shape index (κ3) is 2.28. The van der Waals surface area contributed by atoms with E-state index in [0.717, 1.165) is 30.9 Å². The van der Waals surface area contributed by atoms with Crippen LogP contribution >= 0.6 is 0 Å². The van der Waals surface area contributed by atoms with Crippen molar-refractivity contribution in [2.24, 2.45) is 0 Å². The zero-order chi connectivity index (χ0) is 13.4. The second kappa shape index (κ2) is 4.77. The molecule has 19 heavy (non-hydrogen) atoms. The molecule has 1 N–H and O–H groups in total. The van der Waals surface area contributed by atoms with Crippen LogP contribution in [0.3, 0.4) is 0 Å². The number of hydrogen-bond donors (Lipinski definition) is 1. The van der Waals surface area contributed by atoms with Crippen molar-refractivity contribution < 1.29 is 0 Å². The van der Waals surface area contributed by atoms with Crippen molar-refractivity contribution in [3.8, 4) is 0 Å². The summed E-state index contributed by atoms with van der Waals surface area (Å²) in [4.78, 5) is 0. The predicted octanol–water partition coefficient (Wildman–Crippen LogP) is 0.983. The molecule has 3 heterocycles. The number of aromatic nitrogens is 5. The Morgan fingerprint density at radius 3 is 2.84 bits per heavy atom. The molecule has 0 radical (unpaired) electrons. The van der Waals surface area contributed by atoms with Crippen molar-refractivity contribution in [2.45, 2.75) is 39.8 Å². The van der Waals surface area contributed by atoms with Crippen LogP contribution in [0.15, 0.2) is 6.20 Å². The molecule has 0 amide bonds. The van der Waals surface area contributed by atoms with Crippen LogP contribution in [-0.4, -0.2) is 37.9 Å². The molecule has 0 aromatic carbocycles. The summed E-state index contributed by atoms with van der Waals surface area (Å²) >= 11 is 0. The Balaban J connectivity index is 1.78. The number of nitrogens with zero attached hydrogens (tertiary/aromatic N) is 5. The van der Waals surface area contributed by atoms with Crippen LogP contribution in [0.5, 0.6) is 0 Å². The van der Waals surface area contributed by atoms with Crippen LogP contribution < -0.4 is 5.32 Å². The predicted molar refractivity (Wildman–Crippen MR) is 72.1 cm³/mol. The van der Waals surface area contributed by atoms with E-state index in [1.807, 2.05) is 22.5 Å². The highest BCUT2D eigenvalue weighted by molar-refractivity contribution is 5.22. The van der Waals surface area contributed by atoms with Gasteiger partial charge in [0.05, 0.1) is 24.5 Å². The highest BCUT2D eigenvalue weighted by Crippen LogP contribution is 2.15. The van der Waals surface area contributed by atoms with Gasteiger partial charge in [-0.3, -0.25) is 4.68 Å². The first-order chi connectivity index (χ1) is 9.15. The van der Waals surface area contributed by atoms with Crippen LogP contribution in [0.1, 0.15) is 35.1 Å². The number of aryl methyl sites for hydroxylation is 1. The Morgan fingerprint density at radius 1 is 1.37 bits per heavy atom. The van der Waals surface area contributed by atoms with E-state index in [9.17, 15) is 0 Å². The second-order valence-corrected chi connectivity index (χ2v) is 5.29. The molecule has 0 aliphatic carbocycles. The van der Waals surface area contributed by atoms with Crippen molar-refractivity contribution in [3.63, 3.8) is 0 Å². The fourth-order valence-corrected chi connectivity index (χ4v) is 2.52. The van der Waals surface area contributed by atoms with Crippen molar-refractivity contribution in [1.29, 1.82) is 0 Å². The highest BCUT2D eigenvalue weighted by atomic mass is 15.4. The van der Waals surface area contributed by atoms with E-state index in [4.69, 9.17) is 0 Å². The van der Waals surface area contributed by atoms with E-state index in [1.54, 1.807) is 0 Å². The van der Waals surface area contributed by atoms with Gasteiger partial charge in [0, 0.05) is 12.2 Å². The molecule has 1 aliphatic heterocycles. The fraction of sp³-hybridized carbons (Fsp3) is 0.615. The van der Waals surface area contributed by atoms with Gasteiger partial charge in [0.15, 0.2) is 0 Å². The van der Waals surface area contributed by atoms with Gasteiger partial charge in [0.1, 0.15) is 5.69 Å². The average Bonchev–Trinajstić information content (AvgIpc) is 3.09. The molecule has 1 atom stereocenters. The Morgan fingerprint density at radius 2 is 2.21 bits per heavy atom. The molecule has 0 bridgehead atoms. The molecular weight excluding hydrogens is 240 g/mol. The minimum Gasteiger partial charge on any atom is -0.315 e. The van der Waals surface area contributed by atoms with Crippen LogP contribution in [-0.2, 0) is 6.54 Å². The third-order valence-electron chi connectivity index (χ3n) is 4.02. The first kappa shape index (κ1) is 12.3. The molecule has 6 heteroatoms. The van der Waals surface area contributed by atoms with E-state index < -0.39 is 0 Å². The molecule has 3 rings (SSSR count). The molecule has 2 aromatic rings. The summed E-state index contributed by atoms with van der Waals surface area (Å²) in [5.74, 6) is 0. The normalized spacial score (nSPS) is 19.2. The smallest absolute Gasteiger partial charge is 0.104 e. The van der Waals surface area contributed by atoms with E-state index in [2.05, 4.69) is 34.6 Å². The molecule has 0 saturated carbocycles. The summed E-state index contributed by atoms with van der Waals surface area (Å²) in [6, 6.07) is 0.448. The minimum atomic E-state index is 0.448. The standard InChI is InChI=1S/C13H20N6/c1-9-10(2)16-18(11(9)3)7-12-8-19(17-15-12)13-4-5-14-6-13/h8,13-14H,4-7H2,1-3H3. The summed E-state index contributed by atoms with van der Waals surface area (Å²) < 4.78 is 3.99. The zero-order valence-electron chi connectivity index (χ0n) is 11.7. The van der Waals surface area contributed by atoms with Crippen LogP contribution in [0.4, 0.5) is 0 Å². The molecule has 1 aliphatic rings. The summed E-state index contributed by atoms with van der Waals surface area (Å²) in [5.41, 5.74) is 4.52. The number of hydrogen-bond acceptors (Lipinski definition) is 4. The molecule has 1 unspecified atom stereocenters. The van der Waals surface area contributed by atoms with Gasteiger partial charge in [-0.2, -0.15) is 5.10 Å². The van der Waals surface area contributed by atoms with Gasteiger partial charge in [-0.15, -0.1) is 5.10 Å². The largest absolute Gasteiger partial charge is 0.315 e. The molecule has 2 aromatic heterocycles. The van der Waals surface area contributed by atoms with Crippen molar-refractivity contribution in [3.05, 3.63) is 28.8 Å². The number of rotatable bonds is 3. The molecule has 6 nitrogen and oxygen atoms in total. The number of nitrogens with one attached hydrogen (secondary N) is 1. The Kier molecular flexibility index (Phi) is 3.10. The first-order valence-electron chi connectivity index (χ1n) is 6.77. The van der Waals surface area contributed by atoms with Gasteiger partial charge >= 0.3 is 0 Å². The van der Waals surface area contributed by atoms with Gasteiger partial charge < -0.3 is 5.32 Å². The molecular formula is C13H20N6. The summed E-state index contributed by atoms with van der Waals surface area (Å²) in [5, 5.41) is 16.4. The van der Waals surface area contributed by atoms with Crippen LogP contribution in [0, 0.1) is 20.8 Å². The third-order valence-corrected chi connectivity index (χ3v) is 4.02. The summed E-state index contributed by atoms with van der Waals surface area (Å²) in [7, 11) is 0. The van der Waals surface area contributed by atoms with Gasteiger partial charge in [-0.1, -0.05) is 5.21 Å². The first-order valence-corrected chi connectivity index (χ1v) is 6.77. The quantitative estimate of drug-likeness (QED) is 0.894. The van der Waals surface area contributed by atoms with Gasteiger partial charge in [0.25, 0.3) is 0 Å². The van der Waals surface area contributed by atoms with Gasteiger partial charge in [-0.05, 0) is 39.3 Å². The molecule has 0 spiro atoms. The Hall–Kier alpha value is -1.69. The monoisotopic (exact) mass is 260 g/mol. The highest BCUT2D eigenvalue weighted by Gasteiger charge is 2.18. The minimum absolute atomic E-state index is 0.448. The molecule has 102 valence electrons. The van der Waals surface area contributed by atoms with Gasteiger partial charge in [-0.25, -0.2) is 4.68 Å². The zero-order valence-corrected chi connectivity index (χ0v) is 11.7. The van der Waals surface area contributed by atoms with E-state index in [-0.39, 0.29) is 0 Å². The van der Waals surface area contributed by atoms with Crippen LogP contribution in [0.25, 0.3) is 0 Å². The van der Waals surface area contributed by atoms with Gasteiger partial charge in [0.2, 0.25) is 0 Å². The maximum Gasteiger partial charge on any atom is 0.104 e. The van der Waals surface area contributed by atoms with Crippen molar-refractivity contribution in [2.75, 3.05) is 13.1 Å². The Bertz CT molecular complexity index is 576. The average molecular weight is 260 g/mol. The lowest BCUT2D eigenvalue weighted by Crippen LogP contribution is -2.13. The Labute approximate surface area is 112 Å². The van der Waals surface area contributed by atoms with E-state index >= 15 is 0 Å².